The van der Waals surface area contributed by atoms with Crippen LogP contribution in [0.1, 0.15) is 18.6 Å². The van der Waals surface area contributed by atoms with Gasteiger partial charge >= 0.3 is 0 Å². The first-order valence-electron chi connectivity index (χ1n) is 6.71. The van der Waals surface area contributed by atoms with Crippen molar-refractivity contribution in [3.63, 3.8) is 0 Å². The number of rotatable bonds is 6. The second-order valence-electron chi connectivity index (χ2n) is 4.51. The Bertz CT molecular complexity index is 432. The van der Waals surface area contributed by atoms with Gasteiger partial charge in [-0.15, -0.1) is 30.6 Å². The molecule has 0 atom stereocenters. The molecule has 1 aromatic heterocycles. The van der Waals surface area contributed by atoms with E-state index in [1.54, 1.807) is 6.26 Å². The summed E-state index contributed by atoms with van der Waals surface area (Å²) >= 11 is 0. The molecule has 4 nitrogen and oxygen atoms in total. The smallest absolute Gasteiger partial charge is 0.191 e. The highest BCUT2D eigenvalue weighted by Gasteiger charge is 2.11. The van der Waals surface area contributed by atoms with Gasteiger partial charge in [0.1, 0.15) is 5.76 Å². The van der Waals surface area contributed by atoms with E-state index in [2.05, 4.69) is 34.4 Å². The molecule has 1 aliphatic rings. The van der Waals surface area contributed by atoms with Gasteiger partial charge in [-0.3, -0.25) is 4.99 Å². The maximum Gasteiger partial charge on any atom is 0.191 e. The van der Waals surface area contributed by atoms with E-state index in [1.807, 2.05) is 18.2 Å². The highest BCUT2D eigenvalue weighted by atomic mass is 127. The summed E-state index contributed by atoms with van der Waals surface area (Å²) < 4.78 is 5.29. The van der Waals surface area contributed by atoms with Crippen molar-refractivity contribution in [2.24, 2.45) is 4.99 Å². The first kappa shape index (κ1) is 16.8. The molecular formula is C15H22IN3O. The van der Waals surface area contributed by atoms with Crippen LogP contribution in [0, 0.1) is 0 Å². The molecule has 0 spiro atoms. The average Bonchev–Trinajstić information content (AvgIpc) is 3.08. The lowest BCUT2D eigenvalue weighted by molar-refractivity contribution is 0.510. The van der Waals surface area contributed by atoms with Gasteiger partial charge in [-0.2, -0.15) is 0 Å². The van der Waals surface area contributed by atoms with Gasteiger partial charge < -0.3 is 15.1 Å². The van der Waals surface area contributed by atoms with Crippen LogP contribution in [-0.2, 0) is 6.42 Å². The lowest BCUT2D eigenvalue weighted by Crippen LogP contribution is -2.42. The molecule has 0 fully saturated rings. The van der Waals surface area contributed by atoms with Crippen LogP contribution in [0.3, 0.4) is 0 Å². The quantitative estimate of drug-likeness (QED) is 0.342. The summed E-state index contributed by atoms with van der Waals surface area (Å²) in [7, 11) is 0. The summed E-state index contributed by atoms with van der Waals surface area (Å²) in [4.78, 5) is 4.56. The van der Waals surface area contributed by atoms with Crippen LogP contribution in [0.15, 0.2) is 52.6 Å². The first-order chi connectivity index (χ1) is 9.38. The zero-order valence-corrected chi connectivity index (χ0v) is 13.9. The highest BCUT2D eigenvalue weighted by molar-refractivity contribution is 14.0. The zero-order valence-electron chi connectivity index (χ0n) is 11.5. The molecule has 2 N–H and O–H groups in total. The first-order valence-corrected chi connectivity index (χ1v) is 6.71. The number of guanidine groups is 1. The summed E-state index contributed by atoms with van der Waals surface area (Å²) in [5.74, 6) is 1.81. The van der Waals surface area contributed by atoms with Gasteiger partial charge in [-0.05, 0) is 25.0 Å². The van der Waals surface area contributed by atoms with Crippen molar-refractivity contribution in [1.29, 1.82) is 0 Å². The summed E-state index contributed by atoms with van der Waals surface area (Å²) in [5, 5.41) is 6.67. The van der Waals surface area contributed by atoms with Gasteiger partial charge in [0.05, 0.1) is 6.26 Å². The lowest BCUT2D eigenvalue weighted by atomic mass is 10.2. The van der Waals surface area contributed by atoms with Crippen molar-refractivity contribution in [2.45, 2.75) is 25.3 Å². The Balaban J connectivity index is 0.00000200. The molecule has 20 heavy (non-hydrogen) atoms. The second-order valence-corrected chi connectivity index (χ2v) is 4.51. The maximum absolute atomic E-state index is 5.29. The molecule has 0 unspecified atom stereocenters. The third-order valence-corrected chi connectivity index (χ3v) is 2.97. The van der Waals surface area contributed by atoms with Crippen molar-refractivity contribution in [1.82, 2.24) is 10.6 Å². The molecule has 0 radical (unpaired) electrons. The highest BCUT2D eigenvalue weighted by Crippen LogP contribution is 2.08. The molecule has 0 aromatic carbocycles. The molecule has 110 valence electrons. The molecule has 2 rings (SSSR count). The summed E-state index contributed by atoms with van der Waals surface area (Å²) in [6.45, 7) is 5.14. The SMILES string of the molecule is C=CCNC(=NCCc1ccco1)NC1CC=CC1.I. The number of nitrogens with zero attached hydrogens (tertiary/aromatic N) is 1. The van der Waals surface area contributed by atoms with E-state index in [9.17, 15) is 0 Å². The standard InChI is InChI=1S/C15H21N3O.HI/c1-2-10-16-15(18-13-6-3-4-7-13)17-11-9-14-8-5-12-19-14;/h2-5,8,12-13H,1,6-7,9-11H2,(H2,16,17,18);1H. The Hall–Kier alpha value is -1.24. The van der Waals surface area contributed by atoms with Crippen LogP contribution in [-0.4, -0.2) is 25.1 Å². The van der Waals surface area contributed by atoms with E-state index in [-0.39, 0.29) is 24.0 Å². The van der Waals surface area contributed by atoms with Crippen LogP contribution in [0.25, 0.3) is 0 Å². The molecule has 0 saturated carbocycles. The van der Waals surface area contributed by atoms with Crippen molar-refractivity contribution in [2.75, 3.05) is 13.1 Å². The van der Waals surface area contributed by atoms with Crippen molar-refractivity contribution < 1.29 is 4.42 Å². The molecule has 0 amide bonds. The normalized spacial score (nSPS) is 14.9. The van der Waals surface area contributed by atoms with Crippen molar-refractivity contribution >= 4 is 29.9 Å². The Morgan fingerprint density at radius 1 is 1.45 bits per heavy atom. The van der Waals surface area contributed by atoms with Crippen LogP contribution in [0.2, 0.25) is 0 Å². The van der Waals surface area contributed by atoms with E-state index in [1.165, 1.54) is 0 Å². The van der Waals surface area contributed by atoms with Gasteiger partial charge in [-0.1, -0.05) is 18.2 Å². The van der Waals surface area contributed by atoms with E-state index in [4.69, 9.17) is 4.42 Å². The van der Waals surface area contributed by atoms with Gasteiger partial charge in [-0.25, -0.2) is 0 Å². The number of furan rings is 1. The minimum atomic E-state index is 0. The van der Waals surface area contributed by atoms with Gasteiger partial charge in [0.25, 0.3) is 0 Å². The van der Waals surface area contributed by atoms with Gasteiger partial charge in [0, 0.05) is 25.6 Å². The van der Waals surface area contributed by atoms with E-state index in [0.717, 1.165) is 31.0 Å². The third kappa shape index (κ3) is 5.81. The topological polar surface area (TPSA) is 49.6 Å². The van der Waals surface area contributed by atoms with Crippen LogP contribution in [0.4, 0.5) is 0 Å². The summed E-state index contributed by atoms with van der Waals surface area (Å²) in [5.41, 5.74) is 0. The molecule has 1 aromatic rings. The van der Waals surface area contributed by atoms with Gasteiger partial charge in [0.15, 0.2) is 5.96 Å². The molecule has 0 bridgehead atoms. The fraction of sp³-hybridized carbons (Fsp3) is 0.400. The number of hydrogen-bond acceptors (Lipinski definition) is 2. The molecule has 1 heterocycles. The molecule has 0 saturated heterocycles. The second kappa shape index (κ2) is 9.63. The Morgan fingerprint density at radius 3 is 2.90 bits per heavy atom. The van der Waals surface area contributed by atoms with Crippen molar-refractivity contribution in [3.05, 3.63) is 49.0 Å². The van der Waals surface area contributed by atoms with E-state index >= 15 is 0 Å². The molecule has 5 heteroatoms. The molecular weight excluding hydrogens is 365 g/mol. The minimum Gasteiger partial charge on any atom is -0.469 e. The number of hydrogen-bond donors (Lipinski definition) is 2. The van der Waals surface area contributed by atoms with Crippen LogP contribution >= 0.6 is 24.0 Å². The molecule has 0 aliphatic heterocycles. The van der Waals surface area contributed by atoms with Gasteiger partial charge in [0.2, 0.25) is 0 Å². The third-order valence-electron chi connectivity index (χ3n) is 2.97. The van der Waals surface area contributed by atoms with Crippen LogP contribution in [0.5, 0.6) is 0 Å². The average molecular weight is 387 g/mol. The maximum atomic E-state index is 5.29. The predicted octanol–water partition coefficient (Wildman–Crippen LogP) is 2.88. The number of aliphatic imine (C=N–C) groups is 1. The van der Waals surface area contributed by atoms with Crippen LogP contribution < -0.4 is 10.6 Å². The number of halogens is 1. The molecule has 1 aliphatic carbocycles. The predicted molar refractivity (Wildman–Crippen MR) is 93.6 cm³/mol. The Morgan fingerprint density at radius 2 is 2.25 bits per heavy atom. The number of nitrogens with one attached hydrogen (secondary N) is 2. The fourth-order valence-electron chi connectivity index (χ4n) is 1.98. The zero-order chi connectivity index (χ0) is 13.3. The fourth-order valence-corrected chi connectivity index (χ4v) is 1.98. The minimum absolute atomic E-state index is 0. The lowest BCUT2D eigenvalue weighted by Gasteiger charge is -2.16. The Kier molecular flexibility index (Phi) is 8.10. The Labute approximate surface area is 137 Å². The van der Waals surface area contributed by atoms with E-state index < -0.39 is 0 Å². The largest absolute Gasteiger partial charge is 0.469 e. The van der Waals surface area contributed by atoms with E-state index in [0.29, 0.717) is 19.1 Å². The summed E-state index contributed by atoms with van der Waals surface area (Å²) in [6, 6.07) is 4.33. The van der Waals surface area contributed by atoms with Crippen molar-refractivity contribution in [3.8, 4) is 0 Å². The monoisotopic (exact) mass is 387 g/mol. The summed E-state index contributed by atoms with van der Waals surface area (Å²) in [6.07, 6.45) is 10.9.